The summed E-state index contributed by atoms with van der Waals surface area (Å²) in [6.45, 7) is 2.25. The van der Waals surface area contributed by atoms with Crippen molar-refractivity contribution in [1.82, 2.24) is 9.44 Å². The predicted octanol–water partition coefficient (Wildman–Crippen LogP) is 1.96. The van der Waals surface area contributed by atoms with Crippen LogP contribution in [0.2, 0.25) is 0 Å². The summed E-state index contributed by atoms with van der Waals surface area (Å²) in [7, 11) is -5.15. The molecule has 0 atom stereocenters. The second kappa shape index (κ2) is 20.5. The Kier molecular flexibility index (Phi) is 16.8. The summed E-state index contributed by atoms with van der Waals surface area (Å²) in [6, 6.07) is 23.0. The fourth-order valence-electron chi connectivity index (χ4n) is 3.90. The molecule has 293 valence electrons. The number of nitrogens with zero attached hydrogens (tertiary/aromatic N) is 4. The first kappa shape index (κ1) is 45.2. The Balaban J connectivity index is 0.000000373. The van der Waals surface area contributed by atoms with Crippen LogP contribution in [0.15, 0.2) is 150 Å². The fraction of sp³-hybridized carbons (Fsp3) is 0.118. The number of carbonyl (C=O) groups excluding carboxylic acids is 2. The molecular weight excluding hydrogens is 803 g/mol. The molecule has 2 amide bonds. The summed E-state index contributed by atoms with van der Waals surface area (Å²) in [5, 5.41) is 66.5. The molecule has 0 fully saturated rings. The smallest absolute Gasteiger partial charge is 0.275 e. The Morgan fingerprint density at radius 1 is 0.564 bits per heavy atom. The van der Waals surface area contributed by atoms with Gasteiger partial charge in [-0.2, -0.15) is 10.2 Å². The van der Waals surface area contributed by atoms with Crippen LogP contribution in [0, 0.1) is 0 Å². The molecule has 4 N–H and O–H groups in total. The number of benzene rings is 4. The molecule has 0 aliphatic heterocycles. The Bertz CT molecular complexity index is 2170. The molecule has 0 saturated heterocycles. The van der Waals surface area contributed by atoms with Crippen molar-refractivity contribution >= 4 is 54.6 Å². The van der Waals surface area contributed by atoms with E-state index in [-0.39, 0.29) is 37.9 Å². The number of allylic oxidation sites excluding steroid dienone is 2. The molecule has 4 aromatic carbocycles. The number of amides is 2. The second-order valence-electron chi connectivity index (χ2n) is 10.5. The number of carbonyl (C=O) groups is 2. The molecular formula is C34H32CoN8O10S2-4. The Hall–Kier alpha value is -5.97. The van der Waals surface area contributed by atoms with Gasteiger partial charge in [0, 0.05) is 28.2 Å². The van der Waals surface area contributed by atoms with Gasteiger partial charge in [-0.05, 0) is 62.6 Å². The zero-order chi connectivity index (χ0) is 40.1. The molecule has 55 heavy (non-hydrogen) atoms. The van der Waals surface area contributed by atoms with Crippen LogP contribution >= 0.6 is 0 Å². The minimum absolute atomic E-state index is 0. The van der Waals surface area contributed by atoms with Gasteiger partial charge in [0.15, 0.2) is 0 Å². The number of hydrogen-bond donors (Lipinski definition) is 4. The number of rotatable bonds is 12. The van der Waals surface area contributed by atoms with Crippen molar-refractivity contribution < 1.29 is 63.6 Å². The van der Waals surface area contributed by atoms with E-state index in [4.69, 9.17) is 0 Å². The van der Waals surface area contributed by atoms with E-state index in [1.807, 2.05) is 0 Å². The van der Waals surface area contributed by atoms with Crippen LogP contribution in [0.4, 0.5) is 22.7 Å². The van der Waals surface area contributed by atoms with Gasteiger partial charge in [0.1, 0.15) is 11.4 Å². The van der Waals surface area contributed by atoms with E-state index in [9.17, 15) is 46.9 Å². The fourth-order valence-corrected chi connectivity index (χ4v) is 5.40. The van der Waals surface area contributed by atoms with Crippen LogP contribution in [0.25, 0.3) is 0 Å². The molecule has 21 heteroatoms. The van der Waals surface area contributed by atoms with Gasteiger partial charge < -0.3 is 31.1 Å². The normalized spacial score (nSPS) is 12.4. The Morgan fingerprint density at radius 3 is 1.18 bits per heavy atom. The number of anilines is 2. The average molecular weight is 836 g/mol. The summed E-state index contributed by atoms with van der Waals surface area (Å²) < 4.78 is 51.5. The van der Waals surface area contributed by atoms with E-state index in [0.29, 0.717) is 11.4 Å². The van der Waals surface area contributed by atoms with E-state index in [2.05, 4.69) is 40.5 Å². The van der Waals surface area contributed by atoms with E-state index < -0.39 is 66.3 Å². The molecule has 4 aromatic rings. The third-order valence-corrected chi connectivity index (χ3v) is 9.52. The molecule has 0 heterocycles. The molecule has 0 aliphatic carbocycles. The molecule has 1 radical (unpaired) electrons. The Morgan fingerprint density at radius 2 is 0.891 bits per heavy atom. The van der Waals surface area contributed by atoms with Crippen molar-refractivity contribution in [2.75, 3.05) is 24.7 Å². The molecule has 18 nitrogen and oxygen atoms in total. The summed E-state index contributed by atoms with van der Waals surface area (Å²) >= 11 is 0. The third kappa shape index (κ3) is 13.1. The Labute approximate surface area is 326 Å². The first-order chi connectivity index (χ1) is 25.5. The van der Waals surface area contributed by atoms with Crippen LogP contribution in [-0.2, 0) is 46.4 Å². The first-order valence-corrected chi connectivity index (χ1v) is 18.3. The average Bonchev–Trinajstić information content (AvgIpc) is 3.13. The van der Waals surface area contributed by atoms with E-state index in [0.717, 1.165) is 50.2 Å². The molecule has 4 rings (SSSR count). The topological polar surface area (TPSA) is 292 Å². The first-order valence-electron chi connectivity index (χ1n) is 15.3. The molecule has 0 saturated carbocycles. The summed E-state index contributed by atoms with van der Waals surface area (Å²) in [5.41, 5.74) is -0.804. The molecule has 0 spiro atoms. The largest absolute Gasteiger partial charge is 0.874 e. The van der Waals surface area contributed by atoms with Crippen LogP contribution in [0.1, 0.15) is 13.8 Å². The zero-order valence-electron chi connectivity index (χ0n) is 29.3. The van der Waals surface area contributed by atoms with E-state index in [1.54, 1.807) is 60.7 Å². The summed E-state index contributed by atoms with van der Waals surface area (Å²) in [6.07, 6.45) is 0. The van der Waals surface area contributed by atoms with Crippen molar-refractivity contribution in [2.45, 2.75) is 23.6 Å². The van der Waals surface area contributed by atoms with Gasteiger partial charge in [0.2, 0.25) is 20.0 Å². The van der Waals surface area contributed by atoms with Crippen LogP contribution in [-0.4, -0.2) is 42.7 Å². The zero-order valence-corrected chi connectivity index (χ0v) is 31.9. The van der Waals surface area contributed by atoms with Gasteiger partial charge in [0.05, 0.1) is 21.2 Å². The maximum absolute atomic E-state index is 12.2. The maximum atomic E-state index is 12.2. The van der Waals surface area contributed by atoms with Gasteiger partial charge in [-0.3, -0.25) is 9.59 Å². The van der Waals surface area contributed by atoms with Gasteiger partial charge in [-0.25, -0.2) is 26.3 Å². The van der Waals surface area contributed by atoms with Crippen LogP contribution < -0.4 is 40.5 Å². The number of para-hydroxylation sites is 2. The van der Waals surface area contributed by atoms with Crippen molar-refractivity contribution in [3.63, 3.8) is 0 Å². The second-order valence-corrected chi connectivity index (χ2v) is 14.3. The summed E-state index contributed by atoms with van der Waals surface area (Å²) in [4.78, 5) is 24.1. The van der Waals surface area contributed by atoms with Gasteiger partial charge in [0.25, 0.3) is 11.8 Å². The van der Waals surface area contributed by atoms with Crippen LogP contribution in [0.3, 0.4) is 0 Å². The predicted molar refractivity (Wildman–Crippen MR) is 189 cm³/mol. The molecule has 0 aliphatic rings. The molecule has 0 unspecified atom stereocenters. The van der Waals surface area contributed by atoms with Crippen LogP contribution in [0.5, 0.6) is 11.5 Å². The van der Waals surface area contributed by atoms with Crippen molar-refractivity contribution in [2.24, 2.45) is 20.5 Å². The number of nitrogens with one attached hydrogen (secondary N) is 4. The van der Waals surface area contributed by atoms with Crippen molar-refractivity contribution in [3.8, 4) is 11.5 Å². The third-order valence-electron chi connectivity index (χ3n) is 6.69. The minimum Gasteiger partial charge on any atom is -0.874 e. The SMILES string of the molecule is CNS(=O)(=O)c1ccc([O-])c(N=N/C(C(=O)Nc2ccccc2)=C(/C)[O-])c1.CNS(=O)(=O)c1ccc([O-])c(N=N/C(C(=O)Nc2ccccc2)=C(/C)[O-])c1.[Co]. The number of hydrogen-bond acceptors (Lipinski definition) is 14. The van der Waals surface area contributed by atoms with Crippen molar-refractivity contribution in [3.05, 3.63) is 120 Å². The molecule has 0 aromatic heterocycles. The maximum Gasteiger partial charge on any atom is 0.275 e. The number of azo groups is 2. The van der Waals surface area contributed by atoms with E-state index >= 15 is 0 Å². The monoisotopic (exact) mass is 835 g/mol. The van der Waals surface area contributed by atoms with Gasteiger partial charge >= 0.3 is 0 Å². The van der Waals surface area contributed by atoms with E-state index in [1.165, 1.54) is 14.1 Å². The number of sulfonamides is 2. The quantitative estimate of drug-likeness (QED) is 0.0914. The van der Waals surface area contributed by atoms with Crippen molar-refractivity contribution in [1.29, 1.82) is 0 Å². The molecule has 0 bridgehead atoms. The van der Waals surface area contributed by atoms with Gasteiger partial charge in [-0.1, -0.05) is 73.9 Å². The standard InChI is InChI=1S/2C17H18N4O5S.Co/c2*1-11(22)16(17(24)19-12-6-4-3-5-7-12)21-20-14-10-13(8-9-15(14)23)27(25,26)18-2;/h2*3-10,18,22-23H,1-2H3,(H,19,24);/p-4/b2*16-11-,21-20?;. The summed E-state index contributed by atoms with van der Waals surface area (Å²) in [5.74, 6) is -4.16. The minimum atomic E-state index is -3.79. The van der Waals surface area contributed by atoms with Gasteiger partial charge in [-0.15, -0.1) is 21.7 Å².